The molecule has 1 aliphatic heterocycles. The third-order valence-corrected chi connectivity index (χ3v) is 4.71. The van der Waals surface area contributed by atoms with Crippen LogP contribution in [0.2, 0.25) is 5.02 Å². The van der Waals surface area contributed by atoms with Gasteiger partial charge >= 0.3 is 0 Å². The normalized spacial score (nSPS) is 14.5. The summed E-state index contributed by atoms with van der Waals surface area (Å²) in [4.78, 5) is 23.7. The summed E-state index contributed by atoms with van der Waals surface area (Å²) in [5.74, 6) is 1.15. The number of rotatable bonds is 3. The minimum Gasteiger partial charge on any atom is -0.356 e. The van der Waals surface area contributed by atoms with E-state index in [9.17, 15) is 4.79 Å². The molecule has 132 valence electrons. The standard InChI is InChI=1S/C19H23ClN4O/c1-12-9-13(2)18(15(20)10-12)23-19(25)16-11-17(22-14(3)21-16)24-7-5-4-6-8-24/h9-11H,4-8H2,1-3H3,(H,23,25). The minimum atomic E-state index is -0.266. The molecule has 1 aliphatic rings. The summed E-state index contributed by atoms with van der Waals surface area (Å²) < 4.78 is 0. The van der Waals surface area contributed by atoms with Gasteiger partial charge in [0.2, 0.25) is 0 Å². The van der Waals surface area contributed by atoms with Crippen molar-refractivity contribution in [3.63, 3.8) is 0 Å². The predicted octanol–water partition coefficient (Wildman–Crippen LogP) is 4.30. The molecule has 1 N–H and O–H groups in total. The zero-order chi connectivity index (χ0) is 18.0. The molecule has 1 fully saturated rings. The number of carbonyl (C=O) groups excluding carboxylic acids is 1. The highest BCUT2D eigenvalue weighted by Gasteiger charge is 2.18. The number of aryl methyl sites for hydroxylation is 3. The second kappa shape index (κ2) is 7.40. The molecule has 0 bridgehead atoms. The van der Waals surface area contributed by atoms with Crippen LogP contribution in [0, 0.1) is 20.8 Å². The number of anilines is 2. The maximum Gasteiger partial charge on any atom is 0.274 e. The molecule has 1 saturated heterocycles. The van der Waals surface area contributed by atoms with Crippen LogP contribution in [0.5, 0.6) is 0 Å². The van der Waals surface area contributed by atoms with E-state index in [0.717, 1.165) is 42.9 Å². The molecule has 0 radical (unpaired) electrons. The van der Waals surface area contributed by atoms with E-state index >= 15 is 0 Å². The zero-order valence-electron chi connectivity index (χ0n) is 14.9. The van der Waals surface area contributed by atoms with Crippen molar-refractivity contribution in [3.05, 3.63) is 45.9 Å². The van der Waals surface area contributed by atoms with E-state index in [4.69, 9.17) is 11.6 Å². The lowest BCUT2D eigenvalue weighted by atomic mass is 10.1. The molecule has 2 heterocycles. The lowest BCUT2D eigenvalue weighted by Crippen LogP contribution is -2.31. The van der Waals surface area contributed by atoms with Crippen molar-refractivity contribution in [2.75, 3.05) is 23.3 Å². The Morgan fingerprint density at radius 3 is 2.48 bits per heavy atom. The molecular weight excluding hydrogens is 336 g/mol. The van der Waals surface area contributed by atoms with Crippen molar-refractivity contribution in [2.24, 2.45) is 0 Å². The van der Waals surface area contributed by atoms with Gasteiger partial charge in [0.15, 0.2) is 0 Å². The molecule has 1 aromatic heterocycles. The van der Waals surface area contributed by atoms with E-state index in [1.165, 1.54) is 6.42 Å². The molecule has 1 aromatic carbocycles. The van der Waals surface area contributed by atoms with E-state index in [2.05, 4.69) is 20.2 Å². The second-order valence-electron chi connectivity index (χ2n) is 6.60. The number of hydrogen-bond donors (Lipinski definition) is 1. The van der Waals surface area contributed by atoms with Gasteiger partial charge in [-0.3, -0.25) is 4.79 Å². The molecule has 2 aromatic rings. The number of nitrogens with zero attached hydrogens (tertiary/aromatic N) is 3. The molecule has 0 unspecified atom stereocenters. The summed E-state index contributed by atoms with van der Waals surface area (Å²) in [7, 11) is 0. The number of halogens is 1. The lowest BCUT2D eigenvalue weighted by Gasteiger charge is -2.28. The van der Waals surface area contributed by atoms with Crippen LogP contribution in [-0.2, 0) is 0 Å². The summed E-state index contributed by atoms with van der Waals surface area (Å²) >= 11 is 6.29. The Bertz CT molecular complexity index is 777. The lowest BCUT2D eigenvalue weighted by molar-refractivity contribution is 0.102. The number of benzene rings is 1. The van der Waals surface area contributed by atoms with Gasteiger partial charge in [-0.2, -0.15) is 0 Å². The fourth-order valence-electron chi connectivity index (χ4n) is 3.20. The van der Waals surface area contributed by atoms with Crippen LogP contribution in [0.1, 0.15) is 46.7 Å². The highest BCUT2D eigenvalue weighted by atomic mass is 35.5. The molecule has 0 atom stereocenters. The van der Waals surface area contributed by atoms with Gasteiger partial charge < -0.3 is 10.2 Å². The SMILES string of the molecule is Cc1cc(C)c(NC(=O)c2cc(N3CCCCC3)nc(C)n2)c(Cl)c1. The van der Waals surface area contributed by atoms with Crippen molar-refractivity contribution >= 4 is 29.0 Å². The maximum atomic E-state index is 12.7. The summed E-state index contributed by atoms with van der Waals surface area (Å²) in [5, 5.41) is 3.43. The third kappa shape index (κ3) is 4.10. The van der Waals surface area contributed by atoms with Crippen molar-refractivity contribution in [3.8, 4) is 0 Å². The Hall–Kier alpha value is -2.14. The largest absolute Gasteiger partial charge is 0.356 e. The van der Waals surface area contributed by atoms with Gasteiger partial charge in [0.1, 0.15) is 17.3 Å². The number of hydrogen-bond acceptors (Lipinski definition) is 4. The van der Waals surface area contributed by atoms with E-state index in [0.29, 0.717) is 22.2 Å². The van der Waals surface area contributed by atoms with Crippen LogP contribution in [0.25, 0.3) is 0 Å². The van der Waals surface area contributed by atoms with Gasteiger partial charge in [-0.1, -0.05) is 17.7 Å². The van der Waals surface area contributed by atoms with Crippen LogP contribution in [0.15, 0.2) is 18.2 Å². The highest BCUT2D eigenvalue weighted by molar-refractivity contribution is 6.34. The first-order chi connectivity index (χ1) is 11.9. The summed E-state index contributed by atoms with van der Waals surface area (Å²) in [6.45, 7) is 7.66. The average Bonchev–Trinajstić information content (AvgIpc) is 2.58. The van der Waals surface area contributed by atoms with Crippen molar-refractivity contribution in [1.82, 2.24) is 9.97 Å². The molecule has 3 rings (SSSR count). The van der Waals surface area contributed by atoms with Crippen LogP contribution in [0.4, 0.5) is 11.5 Å². The van der Waals surface area contributed by atoms with Crippen LogP contribution >= 0.6 is 11.6 Å². The minimum absolute atomic E-state index is 0.266. The first-order valence-corrected chi connectivity index (χ1v) is 9.00. The van der Waals surface area contributed by atoms with Crippen LogP contribution < -0.4 is 10.2 Å². The van der Waals surface area contributed by atoms with E-state index < -0.39 is 0 Å². The van der Waals surface area contributed by atoms with E-state index in [1.54, 1.807) is 6.07 Å². The number of carbonyl (C=O) groups is 1. The molecule has 6 heteroatoms. The second-order valence-corrected chi connectivity index (χ2v) is 7.01. The van der Waals surface area contributed by atoms with Gasteiger partial charge in [0.05, 0.1) is 10.7 Å². The first-order valence-electron chi connectivity index (χ1n) is 8.63. The van der Waals surface area contributed by atoms with Crippen LogP contribution in [-0.4, -0.2) is 29.0 Å². The van der Waals surface area contributed by atoms with Crippen molar-refractivity contribution in [2.45, 2.75) is 40.0 Å². The van der Waals surface area contributed by atoms with Gasteiger partial charge in [0, 0.05) is 19.2 Å². The Kier molecular flexibility index (Phi) is 5.23. The molecular formula is C19H23ClN4O. The van der Waals surface area contributed by atoms with Crippen molar-refractivity contribution in [1.29, 1.82) is 0 Å². The Morgan fingerprint density at radius 2 is 1.80 bits per heavy atom. The van der Waals surface area contributed by atoms with Crippen molar-refractivity contribution < 1.29 is 4.79 Å². The Balaban J connectivity index is 1.86. The summed E-state index contributed by atoms with van der Waals surface area (Å²) in [6.07, 6.45) is 3.56. The summed E-state index contributed by atoms with van der Waals surface area (Å²) in [5.41, 5.74) is 2.99. The topological polar surface area (TPSA) is 58.1 Å². The average molecular weight is 359 g/mol. The number of nitrogens with one attached hydrogen (secondary N) is 1. The smallest absolute Gasteiger partial charge is 0.274 e. The van der Waals surface area contributed by atoms with Crippen LogP contribution in [0.3, 0.4) is 0 Å². The molecule has 0 aliphatic carbocycles. The zero-order valence-corrected chi connectivity index (χ0v) is 15.7. The van der Waals surface area contributed by atoms with Gasteiger partial charge in [-0.25, -0.2) is 9.97 Å². The Labute approximate surface area is 153 Å². The number of aromatic nitrogens is 2. The molecule has 0 saturated carbocycles. The van der Waals surface area contributed by atoms with Gasteiger partial charge in [-0.15, -0.1) is 0 Å². The highest BCUT2D eigenvalue weighted by Crippen LogP contribution is 2.28. The molecule has 25 heavy (non-hydrogen) atoms. The quantitative estimate of drug-likeness (QED) is 0.888. The summed E-state index contributed by atoms with van der Waals surface area (Å²) in [6, 6.07) is 5.60. The van der Waals surface area contributed by atoms with E-state index in [1.807, 2.05) is 32.9 Å². The number of piperidine rings is 1. The number of amides is 1. The Morgan fingerprint density at radius 1 is 1.08 bits per heavy atom. The fourth-order valence-corrected chi connectivity index (χ4v) is 3.57. The molecule has 1 amide bonds. The monoisotopic (exact) mass is 358 g/mol. The third-order valence-electron chi connectivity index (χ3n) is 4.41. The molecule has 5 nitrogen and oxygen atoms in total. The maximum absolute atomic E-state index is 12.7. The molecule has 0 spiro atoms. The predicted molar refractivity (Wildman–Crippen MR) is 102 cm³/mol. The van der Waals surface area contributed by atoms with Gasteiger partial charge in [0.25, 0.3) is 5.91 Å². The van der Waals surface area contributed by atoms with E-state index in [-0.39, 0.29) is 5.91 Å². The first kappa shape index (κ1) is 17.7. The van der Waals surface area contributed by atoms with Gasteiger partial charge in [-0.05, 0) is 57.2 Å². The fraction of sp³-hybridized carbons (Fsp3) is 0.421.